The molecule has 0 saturated heterocycles. The Labute approximate surface area is 133 Å². The number of nitrogens with two attached hydrogens (primary N) is 1. The second-order valence-corrected chi connectivity index (χ2v) is 4.97. The number of aromatic nitrogens is 1. The summed E-state index contributed by atoms with van der Waals surface area (Å²) < 4.78 is 30.4. The van der Waals surface area contributed by atoms with Gasteiger partial charge in [0.1, 0.15) is 18.2 Å². The molecule has 0 fully saturated rings. The molecule has 9 heteroatoms. The Balaban J connectivity index is 2.10. The van der Waals surface area contributed by atoms with Crippen LogP contribution in [0, 0.1) is 0 Å². The first-order valence-corrected chi connectivity index (χ1v) is 6.81. The zero-order chi connectivity index (χ0) is 17.4. The van der Waals surface area contributed by atoms with Crippen molar-refractivity contribution < 1.29 is 23.1 Å². The van der Waals surface area contributed by atoms with E-state index in [1.54, 1.807) is 0 Å². The number of halogens is 2. The predicted octanol–water partition coefficient (Wildman–Crippen LogP) is 0.947. The molecule has 1 aromatic carbocycles. The molecule has 0 atom stereocenters. The first-order valence-electron chi connectivity index (χ1n) is 6.81. The van der Waals surface area contributed by atoms with Crippen LogP contribution in [0.25, 0.3) is 5.69 Å². The minimum atomic E-state index is -2.64. The van der Waals surface area contributed by atoms with Gasteiger partial charge < -0.3 is 10.5 Å². The highest BCUT2D eigenvalue weighted by Gasteiger charge is 2.31. The van der Waals surface area contributed by atoms with Gasteiger partial charge in [-0.1, -0.05) is 6.07 Å². The van der Waals surface area contributed by atoms with Gasteiger partial charge in [0.05, 0.1) is 16.8 Å². The van der Waals surface area contributed by atoms with Crippen molar-refractivity contribution in [2.24, 2.45) is 0 Å². The molecule has 0 radical (unpaired) electrons. The van der Waals surface area contributed by atoms with E-state index >= 15 is 0 Å². The molecule has 2 heterocycles. The number of nitrogens with one attached hydrogen (secondary N) is 1. The van der Waals surface area contributed by atoms with Gasteiger partial charge >= 0.3 is 0 Å². The van der Waals surface area contributed by atoms with Crippen molar-refractivity contribution in [1.82, 2.24) is 9.88 Å². The standard InChI is InChI=1S/C15H11F2N3O4/c16-10(17)6-24-8-3-1-2-7(4-8)20-11(21)5-9-12(13(20)18)15(23)19-14(9)22/h1-5,10H,6,18H2,(H,19,22,23). The number of hydrogen-bond donors (Lipinski definition) is 2. The van der Waals surface area contributed by atoms with Gasteiger partial charge in [-0.15, -0.1) is 0 Å². The molecule has 1 aliphatic heterocycles. The van der Waals surface area contributed by atoms with Gasteiger partial charge in [-0.25, -0.2) is 8.78 Å². The molecule has 24 heavy (non-hydrogen) atoms. The highest BCUT2D eigenvalue weighted by atomic mass is 19.3. The van der Waals surface area contributed by atoms with Crippen LogP contribution in [0.1, 0.15) is 20.7 Å². The van der Waals surface area contributed by atoms with Gasteiger partial charge in [-0.3, -0.25) is 24.3 Å². The lowest BCUT2D eigenvalue weighted by Crippen LogP contribution is -2.24. The average molecular weight is 335 g/mol. The zero-order valence-electron chi connectivity index (χ0n) is 12.1. The largest absolute Gasteiger partial charge is 0.488 e. The van der Waals surface area contributed by atoms with Crippen LogP contribution in [0.2, 0.25) is 0 Å². The maximum Gasteiger partial charge on any atom is 0.272 e. The third kappa shape index (κ3) is 2.60. The average Bonchev–Trinajstić information content (AvgIpc) is 2.80. The maximum absolute atomic E-state index is 12.3. The number of carbonyl (C=O) groups is 2. The second-order valence-electron chi connectivity index (χ2n) is 4.97. The molecule has 3 rings (SSSR count). The molecular formula is C15H11F2N3O4. The SMILES string of the molecule is Nc1c2c(cc(=O)n1-c1cccc(OCC(F)F)c1)C(=O)NC2=O. The van der Waals surface area contributed by atoms with Gasteiger partial charge in [0.2, 0.25) is 0 Å². The van der Waals surface area contributed by atoms with Crippen LogP contribution in [0.15, 0.2) is 35.1 Å². The highest BCUT2D eigenvalue weighted by molar-refractivity contribution is 6.23. The number of hydrogen-bond acceptors (Lipinski definition) is 5. The molecular weight excluding hydrogens is 324 g/mol. The number of ether oxygens (including phenoxy) is 1. The number of nitrogens with zero attached hydrogens (tertiary/aromatic N) is 1. The van der Waals surface area contributed by atoms with E-state index in [0.717, 1.165) is 10.6 Å². The van der Waals surface area contributed by atoms with Crippen LogP contribution in [-0.2, 0) is 0 Å². The number of imide groups is 1. The molecule has 2 amide bonds. The Hall–Kier alpha value is -3.23. The molecule has 0 saturated carbocycles. The number of carbonyl (C=O) groups excluding carboxylic acids is 2. The minimum Gasteiger partial charge on any atom is -0.488 e. The van der Waals surface area contributed by atoms with E-state index < -0.39 is 30.4 Å². The topological polar surface area (TPSA) is 103 Å². The molecule has 2 aromatic rings. The number of amides is 2. The lowest BCUT2D eigenvalue weighted by Gasteiger charge is -2.13. The Morgan fingerprint density at radius 3 is 2.62 bits per heavy atom. The number of rotatable bonds is 4. The van der Waals surface area contributed by atoms with Crippen LogP contribution < -0.4 is 21.3 Å². The van der Waals surface area contributed by atoms with E-state index in [0.29, 0.717) is 0 Å². The smallest absolute Gasteiger partial charge is 0.272 e. The van der Waals surface area contributed by atoms with Crippen LogP contribution >= 0.6 is 0 Å². The van der Waals surface area contributed by atoms with E-state index in [4.69, 9.17) is 10.5 Å². The Morgan fingerprint density at radius 2 is 1.92 bits per heavy atom. The van der Waals surface area contributed by atoms with E-state index in [1.807, 2.05) is 0 Å². The zero-order valence-corrected chi connectivity index (χ0v) is 12.1. The Bertz CT molecular complexity index is 908. The monoisotopic (exact) mass is 335 g/mol. The van der Waals surface area contributed by atoms with E-state index in [2.05, 4.69) is 5.32 Å². The van der Waals surface area contributed by atoms with Gasteiger partial charge in [0.25, 0.3) is 23.8 Å². The number of pyridine rings is 1. The van der Waals surface area contributed by atoms with Gasteiger partial charge in [0, 0.05) is 12.1 Å². The molecule has 7 nitrogen and oxygen atoms in total. The third-order valence-corrected chi connectivity index (χ3v) is 3.41. The minimum absolute atomic E-state index is 0.0937. The summed E-state index contributed by atoms with van der Waals surface area (Å²) in [5.41, 5.74) is 5.27. The van der Waals surface area contributed by atoms with Crippen LogP contribution in [0.5, 0.6) is 5.75 Å². The summed E-state index contributed by atoms with van der Waals surface area (Å²) in [6, 6.07) is 6.76. The number of nitrogen functional groups attached to an aromatic ring is 1. The number of benzene rings is 1. The summed E-state index contributed by atoms with van der Waals surface area (Å²) in [7, 11) is 0. The fourth-order valence-electron chi connectivity index (χ4n) is 2.42. The fourth-order valence-corrected chi connectivity index (χ4v) is 2.42. The first kappa shape index (κ1) is 15.7. The summed E-state index contributed by atoms with van der Waals surface area (Å²) in [6.07, 6.45) is -2.64. The maximum atomic E-state index is 12.3. The summed E-state index contributed by atoms with van der Waals surface area (Å²) in [5, 5.41) is 2.05. The molecule has 0 aliphatic carbocycles. The van der Waals surface area contributed by atoms with Gasteiger partial charge in [0.15, 0.2) is 0 Å². The molecule has 1 aliphatic rings. The molecule has 1 aromatic heterocycles. The Morgan fingerprint density at radius 1 is 1.17 bits per heavy atom. The van der Waals surface area contributed by atoms with Crippen LogP contribution in [-0.4, -0.2) is 29.4 Å². The molecule has 124 valence electrons. The van der Waals surface area contributed by atoms with Gasteiger partial charge in [-0.05, 0) is 12.1 Å². The van der Waals surface area contributed by atoms with Crippen LogP contribution in [0.4, 0.5) is 14.6 Å². The van der Waals surface area contributed by atoms with Crippen molar-refractivity contribution in [2.75, 3.05) is 12.3 Å². The Kier molecular flexibility index (Phi) is 3.76. The van der Waals surface area contributed by atoms with Crippen molar-refractivity contribution in [3.8, 4) is 11.4 Å². The van der Waals surface area contributed by atoms with Crippen molar-refractivity contribution in [3.05, 3.63) is 51.8 Å². The van der Waals surface area contributed by atoms with Crippen LogP contribution in [0.3, 0.4) is 0 Å². The van der Waals surface area contributed by atoms with E-state index in [1.165, 1.54) is 24.3 Å². The molecule has 0 spiro atoms. The van der Waals surface area contributed by atoms with E-state index in [-0.39, 0.29) is 28.4 Å². The number of anilines is 1. The quantitative estimate of drug-likeness (QED) is 0.810. The predicted molar refractivity (Wildman–Crippen MR) is 79.7 cm³/mol. The van der Waals surface area contributed by atoms with E-state index in [9.17, 15) is 23.2 Å². The molecule has 3 N–H and O–H groups in total. The van der Waals surface area contributed by atoms with Crippen molar-refractivity contribution >= 4 is 17.6 Å². The molecule has 0 unspecified atom stereocenters. The van der Waals surface area contributed by atoms with Crippen molar-refractivity contribution in [3.63, 3.8) is 0 Å². The number of fused-ring (bicyclic) bond motifs is 1. The summed E-state index contributed by atoms with van der Waals surface area (Å²) in [5.74, 6) is -1.50. The number of alkyl halides is 2. The highest BCUT2D eigenvalue weighted by Crippen LogP contribution is 2.24. The summed E-state index contributed by atoms with van der Waals surface area (Å²) in [4.78, 5) is 35.7. The fraction of sp³-hybridized carbons (Fsp3) is 0.133. The second kappa shape index (κ2) is 5.76. The lowest BCUT2D eigenvalue weighted by molar-refractivity contribution is 0.0818. The summed E-state index contributed by atoms with van der Waals surface area (Å²) >= 11 is 0. The molecule has 0 bridgehead atoms. The van der Waals surface area contributed by atoms with Crippen molar-refractivity contribution in [2.45, 2.75) is 6.43 Å². The third-order valence-electron chi connectivity index (χ3n) is 3.41. The first-order chi connectivity index (χ1) is 11.4. The van der Waals surface area contributed by atoms with Crippen molar-refractivity contribution in [1.29, 1.82) is 0 Å². The normalized spacial score (nSPS) is 13.1. The lowest BCUT2D eigenvalue weighted by atomic mass is 10.1. The van der Waals surface area contributed by atoms with Gasteiger partial charge in [-0.2, -0.15) is 0 Å². The summed E-state index contributed by atoms with van der Waals surface area (Å²) in [6.45, 7) is -0.797.